The molecule has 0 atom stereocenters. The second-order valence-electron chi connectivity index (χ2n) is 4.07. The van der Waals surface area contributed by atoms with Crippen molar-refractivity contribution in [3.63, 3.8) is 0 Å². The Balaban J connectivity index is 1.80. The molecule has 4 heteroatoms. The summed E-state index contributed by atoms with van der Waals surface area (Å²) >= 11 is 0. The molecule has 4 nitrogen and oxygen atoms in total. The van der Waals surface area contributed by atoms with Gasteiger partial charge in [-0.25, -0.2) is 0 Å². The van der Waals surface area contributed by atoms with Gasteiger partial charge in [0.15, 0.2) is 0 Å². The number of fused-ring (bicyclic) bond motifs is 1. The average Bonchev–Trinajstić information content (AvgIpc) is 2.75. The monoisotopic (exact) mass is 232 g/mol. The summed E-state index contributed by atoms with van der Waals surface area (Å²) in [6.07, 6.45) is 2.82. The summed E-state index contributed by atoms with van der Waals surface area (Å²) in [4.78, 5) is 13.5. The molecular formula is C13H16N2O2. The lowest BCUT2D eigenvalue weighted by atomic mass is 10.1. The van der Waals surface area contributed by atoms with Gasteiger partial charge < -0.3 is 15.4 Å². The van der Waals surface area contributed by atoms with E-state index < -0.39 is 5.97 Å². The highest BCUT2D eigenvalue weighted by molar-refractivity contribution is 5.79. The first kappa shape index (κ1) is 11.7. The Morgan fingerprint density at radius 3 is 3.06 bits per heavy atom. The van der Waals surface area contributed by atoms with Crippen LogP contribution in [0.1, 0.15) is 18.4 Å². The topological polar surface area (TPSA) is 65.1 Å². The van der Waals surface area contributed by atoms with E-state index in [0.717, 1.165) is 18.6 Å². The van der Waals surface area contributed by atoms with Crippen LogP contribution in [0, 0.1) is 0 Å². The molecule has 2 rings (SSSR count). The van der Waals surface area contributed by atoms with Crippen LogP contribution in [0.2, 0.25) is 0 Å². The molecule has 0 bridgehead atoms. The van der Waals surface area contributed by atoms with Gasteiger partial charge >= 0.3 is 5.97 Å². The lowest BCUT2D eigenvalue weighted by molar-refractivity contribution is -0.137. The summed E-state index contributed by atoms with van der Waals surface area (Å²) < 4.78 is 0. The van der Waals surface area contributed by atoms with Crippen LogP contribution in [-0.4, -0.2) is 22.6 Å². The zero-order chi connectivity index (χ0) is 12.1. The molecular weight excluding hydrogens is 216 g/mol. The van der Waals surface area contributed by atoms with Gasteiger partial charge in [0.25, 0.3) is 0 Å². The van der Waals surface area contributed by atoms with E-state index in [2.05, 4.69) is 28.5 Å². The fourth-order valence-electron chi connectivity index (χ4n) is 1.80. The van der Waals surface area contributed by atoms with Crippen molar-refractivity contribution in [1.29, 1.82) is 0 Å². The largest absolute Gasteiger partial charge is 0.481 e. The first-order valence-corrected chi connectivity index (χ1v) is 5.74. The molecule has 0 aliphatic rings. The lowest BCUT2D eigenvalue weighted by Crippen LogP contribution is -2.15. The Morgan fingerprint density at radius 2 is 2.24 bits per heavy atom. The maximum Gasteiger partial charge on any atom is 0.303 e. The number of carboxylic acids is 1. The average molecular weight is 232 g/mol. The number of carboxylic acid groups (broad SMARTS) is 1. The Hall–Kier alpha value is -1.81. The Labute approximate surface area is 99.7 Å². The van der Waals surface area contributed by atoms with Crippen molar-refractivity contribution in [2.24, 2.45) is 0 Å². The normalized spacial score (nSPS) is 10.8. The number of aliphatic carboxylic acids is 1. The van der Waals surface area contributed by atoms with Gasteiger partial charge in [0.1, 0.15) is 0 Å². The minimum absolute atomic E-state index is 0.225. The van der Waals surface area contributed by atoms with Gasteiger partial charge in [0.2, 0.25) is 0 Å². The SMILES string of the molecule is O=C(O)CCCNCc1ccc2cc[nH]c2c1. The van der Waals surface area contributed by atoms with E-state index in [-0.39, 0.29) is 6.42 Å². The minimum atomic E-state index is -0.736. The minimum Gasteiger partial charge on any atom is -0.481 e. The second-order valence-corrected chi connectivity index (χ2v) is 4.07. The predicted molar refractivity (Wildman–Crippen MR) is 66.9 cm³/mol. The molecule has 0 saturated carbocycles. The highest BCUT2D eigenvalue weighted by Gasteiger charge is 1.98. The molecule has 3 N–H and O–H groups in total. The number of aromatic amines is 1. The fourth-order valence-corrected chi connectivity index (χ4v) is 1.80. The van der Waals surface area contributed by atoms with E-state index in [0.29, 0.717) is 6.42 Å². The van der Waals surface area contributed by atoms with Crippen molar-refractivity contribution in [2.45, 2.75) is 19.4 Å². The molecule has 2 aromatic rings. The number of nitrogens with one attached hydrogen (secondary N) is 2. The molecule has 0 fully saturated rings. The summed E-state index contributed by atoms with van der Waals surface area (Å²) in [6.45, 7) is 1.50. The Morgan fingerprint density at radius 1 is 1.35 bits per heavy atom. The number of rotatable bonds is 6. The quantitative estimate of drug-likeness (QED) is 0.668. The van der Waals surface area contributed by atoms with Crippen molar-refractivity contribution in [3.8, 4) is 0 Å². The molecule has 0 amide bonds. The van der Waals surface area contributed by atoms with Crippen LogP contribution in [0.25, 0.3) is 10.9 Å². The number of benzene rings is 1. The van der Waals surface area contributed by atoms with Crippen LogP contribution in [0.3, 0.4) is 0 Å². The van der Waals surface area contributed by atoms with Crippen molar-refractivity contribution in [1.82, 2.24) is 10.3 Å². The zero-order valence-electron chi connectivity index (χ0n) is 9.57. The smallest absolute Gasteiger partial charge is 0.303 e. The standard InChI is InChI=1S/C13H16N2O2/c16-13(17)2-1-6-14-9-10-3-4-11-5-7-15-12(11)8-10/h3-5,7-8,14-15H,1-2,6,9H2,(H,16,17). The fraction of sp³-hybridized carbons (Fsp3) is 0.308. The first-order valence-electron chi connectivity index (χ1n) is 5.74. The van der Waals surface area contributed by atoms with Gasteiger partial charge in [-0.1, -0.05) is 12.1 Å². The van der Waals surface area contributed by atoms with Gasteiger partial charge in [0.05, 0.1) is 0 Å². The molecule has 17 heavy (non-hydrogen) atoms. The van der Waals surface area contributed by atoms with Gasteiger partial charge in [0, 0.05) is 24.7 Å². The van der Waals surface area contributed by atoms with Gasteiger partial charge in [-0.15, -0.1) is 0 Å². The lowest BCUT2D eigenvalue weighted by Gasteiger charge is -2.04. The van der Waals surface area contributed by atoms with Crippen LogP contribution < -0.4 is 5.32 Å². The Kier molecular flexibility index (Phi) is 3.77. The maximum absolute atomic E-state index is 10.3. The molecule has 0 aliphatic carbocycles. The Bertz CT molecular complexity index is 505. The number of carbonyl (C=O) groups is 1. The van der Waals surface area contributed by atoms with Crippen LogP contribution >= 0.6 is 0 Å². The van der Waals surface area contributed by atoms with E-state index in [9.17, 15) is 4.79 Å². The van der Waals surface area contributed by atoms with E-state index in [4.69, 9.17) is 5.11 Å². The summed E-state index contributed by atoms with van der Waals surface area (Å²) in [5, 5.41) is 12.9. The zero-order valence-corrected chi connectivity index (χ0v) is 9.57. The molecule has 90 valence electrons. The third-order valence-electron chi connectivity index (χ3n) is 2.69. The molecule has 0 spiro atoms. The third kappa shape index (κ3) is 3.32. The van der Waals surface area contributed by atoms with Gasteiger partial charge in [-0.3, -0.25) is 4.79 Å². The van der Waals surface area contributed by atoms with Crippen molar-refractivity contribution in [2.75, 3.05) is 6.54 Å². The highest BCUT2D eigenvalue weighted by Crippen LogP contribution is 2.13. The highest BCUT2D eigenvalue weighted by atomic mass is 16.4. The molecule has 1 heterocycles. The molecule has 1 aromatic heterocycles. The van der Waals surface area contributed by atoms with E-state index in [1.807, 2.05) is 12.3 Å². The van der Waals surface area contributed by atoms with Crippen molar-refractivity contribution < 1.29 is 9.90 Å². The molecule has 0 aliphatic heterocycles. The molecule has 1 aromatic carbocycles. The third-order valence-corrected chi connectivity index (χ3v) is 2.69. The predicted octanol–water partition coefficient (Wildman–Crippen LogP) is 2.12. The van der Waals surface area contributed by atoms with Crippen LogP contribution in [0.5, 0.6) is 0 Å². The van der Waals surface area contributed by atoms with E-state index in [1.165, 1.54) is 10.9 Å². The summed E-state index contributed by atoms with van der Waals surface area (Å²) in [5.41, 5.74) is 2.34. The number of hydrogen-bond acceptors (Lipinski definition) is 2. The molecule has 0 radical (unpaired) electrons. The van der Waals surface area contributed by atoms with Crippen molar-refractivity contribution in [3.05, 3.63) is 36.0 Å². The second kappa shape index (κ2) is 5.50. The van der Waals surface area contributed by atoms with Crippen LogP contribution in [-0.2, 0) is 11.3 Å². The van der Waals surface area contributed by atoms with Crippen LogP contribution in [0.4, 0.5) is 0 Å². The maximum atomic E-state index is 10.3. The van der Waals surface area contributed by atoms with Crippen LogP contribution in [0.15, 0.2) is 30.5 Å². The number of hydrogen-bond donors (Lipinski definition) is 3. The van der Waals surface area contributed by atoms with Gasteiger partial charge in [-0.05, 0) is 36.0 Å². The van der Waals surface area contributed by atoms with Crippen molar-refractivity contribution >= 4 is 16.9 Å². The van der Waals surface area contributed by atoms with Gasteiger partial charge in [-0.2, -0.15) is 0 Å². The number of aromatic nitrogens is 1. The van der Waals surface area contributed by atoms with E-state index >= 15 is 0 Å². The molecule has 0 saturated heterocycles. The first-order chi connectivity index (χ1) is 8.25. The number of H-pyrrole nitrogens is 1. The summed E-state index contributed by atoms with van der Waals surface area (Å²) in [7, 11) is 0. The van der Waals surface area contributed by atoms with E-state index in [1.54, 1.807) is 0 Å². The molecule has 0 unspecified atom stereocenters. The summed E-state index contributed by atoms with van der Waals surface area (Å²) in [6, 6.07) is 8.32. The summed E-state index contributed by atoms with van der Waals surface area (Å²) in [5.74, 6) is -0.736.